The van der Waals surface area contributed by atoms with Gasteiger partial charge in [-0.3, -0.25) is 10.2 Å². The van der Waals surface area contributed by atoms with Crippen LogP contribution in [0.3, 0.4) is 0 Å². The van der Waals surface area contributed by atoms with E-state index in [9.17, 15) is 4.79 Å². The summed E-state index contributed by atoms with van der Waals surface area (Å²) in [6.45, 7) is 12.4. The van der Waals surface area contributed by atoms with E-state index in [1.54, 1.807) is 6.07 Å². The van der Waals surface area contributed by atoms with Crippen molar-refractivity contribution in [2.45, 2.75) is 71.9 Å². The predicted octanol–water partition coefficient (Wildman–Crippen LogP) is 3.58. The number of furan rings is 1. The van der Waals surface area contributed by atoms with Crippen molar-refractivity contribution in [3.8, 4) is 0 Å². The number of hydrazine groups is 1. The third kappa shape index (κ3) is 2.75. The van der Waals surface area contributed by atoms with Gasteiger partial charge >= 0.3 is 0 Å². The molecule has 2 rings (SSSR count). The largest absolute Gasteiger partial charge is 0.466 e. The zero-order chi connectivity index (χ0) is 15.1. The predicted molar refractivity (Wildman–Crippen MR) is 79.5 cm³/mol. The Hall–Kier alpha value is -1.29. The summed E-state index contributed by atoms with van der Waals surface area (Å²) < 4.78 is 5.45. The molecule has 0 radical (unpaired) electrons. The molecule has 1 saturated heterocycles. The number of hydrogen-bond acceptors (Lipinski definition) is 3. The molecule has 1 N–H and O–H groups in total. The Bertz CT molecular complexity index is 499. The number of carbonyl (C=O) groups excluding carboxylic acids is 1. The average Bonchev–Trinajstić information content (AvgIpc) is 2.62. The Kier molecular flexibility index (Phi) is 3.71. The molecule has 1 aliphatic rings. The van der Waals surface area contributed by atoms with Crippen molar-refractivity contribution < 1.29 is 9.21 Å². The standard InChI is InChI=1S/C16H26N2O2/c1-11-10-13(12(2)20-11)14(19)17-18-15(3,4)8-7-9-16(18,5)6/h10H,7-9H2,1-6H3,(H,17,19). The summed E-state index contributed by atoms with van der Waals surface area (Å²) in [5, 5.41) is 2.12. The molecule has 0 atom stereocenters. The molecule has 0 saturated carbocycles. The lowest BCUT2D eigenvalue weighted by atomic mass is 9.81. The zero-order valence-corrected chi connectivity index (χ0v) is 13.5. The maximum Gasteiger partial charge on any atom is 0.269 e. The molecule has 2 heterocycles. The van der Waals surface area contributed by atoms with Crippen molar-refractivity contribution in [2.75, 3.05) is 0 Å². The van der Waals surface area contributed by atoms with Crippen LogP contribution < -0.4 is 5.43 Å². The third-order valence-electron chi connectivity index (χ3n) is 4.29. The fourth-order valence-corrected chi connectivity index (χ4v) is 3.32. The molecule has 1 amide bonds. The van der Waals surface area contributed by atoms with Crippen molar-refractivity contribution in [2.24, 2.45) is 0 Å². The summed E-state index contributed by atoms with van der Waals surface area (Å²) >= 11 is 0. The van der Waals surface area contributed by atoms with Crippen LogP contribution in [0.25, 0.3) is 0 Å². The van der Waals surface area contributed by atoms with Crippen LogP contribution in [0.2, 0.25) is 0 Å². The summed E-state index contributed by atoms with van der Waals surface area (Å²) in [4.78, 5) is 12.5. The second-order valence-electron chi connectivity index (χ2n) is 7.08. The molecule has 112 valence electrons. The Morgan fingerprint density at radius 2 is 1.75 bits per heavy atom. The van der Waals surface area contributed by atoms with Crippen LogP contribution in [-0.4, -0.2) is 22.0 Å². The highest BCUT2D eigenvalue weighted by Crippen LogP contribution is 2.36. The molecule has 1 aromatic heterocycles. The molecule has 20 heavy (non-hydrogen) atoms. The van der Waals surface area contributed by atoms with Crippen LogP contribution in [0.4, 0.5) is 0 Å². The van der Waals surface area contributed by atoms with Crippen LogP contribution in [0, 0.1) is 13.8 Å². The molecule has 0 aromatic carbocycles. The number of aryl methyl sites for hydroxylation is 2. The summed E-state index contributed by atoms with van der Waals surface area (Å²) in [6, 6.07) is 1.80. The molecule has 0 spiro atoms. The van der Waals surface area contributed by atoms with Gasteiger partial charge in [0.05, 0.1) is 5.56 Å². The van der Waals surface area contributed by atoms with E-state index in [0.29, 0.717) is 11.3 Å². The number of rotatable bonds is 2. The Morgan fingerprint density at radius 1 is 1.20 bits per heavy atom. The summed E-state index contributed by atoms with van der Waals surface area (Å²) in [5.74, 6) is 1.36. The van der Waals surface area contributed by atoms with Crippen molar-refractivity contribution in [1.82, 2.24) is 10.4 Å². The van der Waals surface area contributed by atoms with Crippen LogP contribution in [0.1, 0.15) is 68.8 Å². The Balaban J connectivity index is 2.23. The van der Waals surface area contributed by atoms with Crippen molar-refractivity contribution >= 4 is 5.91 Å². The van der Waals surface area contributed by atoms with Crippen LogP contribution >= 0.6 is 0 Å². The van der Waals surface area contributed by atoms with E-state index in [1.807, 2.05) is 13.8 Å². The van der Waals surface area contributed by atoms with Crippen LogP contribution in [0.5, 0.6) is 0 Å². The first-order valence-electron chi connectivity index (χ1n) is 7.32. The van der Waals surface area contributed by atoms with E-state index in [0.717, 1.165) is 18.6 Å². The number of nitrogens with one attached hydrogen (secondary N) is 1. The van der Waals surface area contributed by atoms with E-state index in [-0.39, 0.29) is 17.0 Å². The quantitative estimate of drug-likeness (QED) is 0.899. The summed E-state index contributed by atoms with van der Waals surface area (Å²) in [6.07, 6.45) is 3.36. The molecule has 1 aromatic rings. The van der Waals surface area contributed by atoms with Gasteiger partial charge in [0.1, 0.15) is 11.5 Å². The SMILES string of the molecule is Cc1cc(C(=O)NN2C(C)(C)CCCC2(C)C)c(C)o1. The lowest BCUT2D eigenvalue weighted by Gasteiger charge is -2.52. The van der Waals surface area contributed by atoms with Gasteiger partial charge in [-0.25, -0.2) is 5.01 Å². The highest BCUT2D eigenvalue weighted by atomic mass is 16.3. The summed E-state index contributed by atoms with van der Waals surface area (Å²) in [7, 11) is 0. The average molecular weight is 278 g/mol. The van der Waals surface area contributed by atoms with Gasteiger partial charge in [0, 0.05) is 11.1 Å². The van der Waals surface area contributed by atoms with Gasteiger partial charge in [-0.15, -0.1) is 0 Å². The van der Waals surface area contributed by atoms with Crippen molar-refractivity contribution in [3.05, 3.63) is 23.2 Å². The number of hydrogen-bond donors (Lipinski definition) is 1. The van der Waals surface area contributed by atoms with E-state index in [4.69, 9.17) is 4.42 Å². The molecule has 0 unspecified atom stereocenters. The molecule has 1 aliphatic heterocycles. The van der Waals surface area contributed by atoms with Crippen molar-refractivity contribution in [1.29, 1.82) is 0 Å². The van der Waals surface area contributed by atoms with Gasteiger partial charge in [0.2, 0.25) is 0 Å². The van der Waals surface area contributed by atoms with Crippen LogP contribution in [0.15, 0.2) is 10.5 Å². The fourth-order valence-electron chi connectivity index (χ4n) is 3.32. The fraction of sp³-hybridized carbons (Fsp3) is 0.688. The molecule has 0 aliphatic carbocycles. The first kappa shape index (κ1) is 15.1. The summed E-state index contributed by atoms with van der Waals surface area (Å²) in [5.41, 5.74) is 3.65. The molecular weight excluding hydrogens is 252 g/mol. The zero-order valence-electron chi connectivity index (χ0n) is 13.5. The van der Waals surface area contributed by atoms with Gasteiger partial charge in [-0.2, -0.15) is 0 Å². The number of piperidine rings is 1. The maximum absolute atomic E-state index is 12.5. The highest BCUT2D eigenvalue weighted by Gasteiger charge is 2.42. The van der Waals surface area contributed by atoms with Gasteiger partial charge in [0.25, 0.3) is 5.91 Å². The van der Waals surface area contributed by atoms with Gasteiger partial charge < -0.3 is 4.42 Å². The van der Waals surface area contributed by atoms with E-state index in [1.165, 1.54) is 6.42 Å². The molecule has 4 heteroatoms. The number of nitrogens with zero attached hydrogens (tertiary/aromatic N) is 1. The van der Waals surface area contributed by atoms with Crippen molar-refractivity contribution in [3.63, 3.8) is 0 Å². The van der Waals surface area contributed by atoms with E-state index < -0.39 is 0 Å². The molecule has 0 bridgehead atoms. The van der Waals surface area contributed by atoms with E-state index >= 15 is 0 Å². The second kappa shape index (κ2) is 4.92. The Morgan fingerprint density at radius 3 is 2.20 bits per heavy atom. The lowest BCUT2D eigenvalue weighted by Crippen LogP contribution is -2.65. The van der Waals surface area contributed by atoms with Gasteiger partial charge in [0.15, 0.2) is 0 Å². The number of amides is 1. The minimum Gasteiger partial charge on any atom is -0.466 e. The molecular formula is C16H26N2O2. The first-order chi connectivity index (χ1) is 9.13. The molecule has 1 fully saturated rings. The normalized spacial score (nSPS) is 21.7. The van der Waals surface area contributed by atoms with E-state index in [2.05, 4.69) is 38.1 Å². The minimum atomic E-state index is -0.0811. The molecule has 4 nitrogen and oxygen atoms in total. The lowest BCUT2D eigenvalue weighted by molar-refractivity contribution is -0.0612. The van der Waals surface area contributed by atoms with Crippen LogP contribution in [-0.2, 0) is 0 Å². The second-order valence-corrected chi connectivity index (χ2v) is 7.08. The van der Waals surface area contributed by atoms with Gasteiger partial charge in [-0.05, 0) is 66.9 Å². The first-order valence-corrected chi connectivity index (χ1v) is 7.32. The highest BCUT2D eigenvalue weighted by molar-refractivity contribution is 5.95. The Labute approximate surface area is 121 Å². The monoisotopic (exact) mass is 278 g/mol. The van der Waals surface area contributed by atoms with Gasteiger partial charge in [-0.1, -0.05) is 0 Å². The minimum absolute atomic E-state index is 0.0376. The maximum atomic E-state index is 12.5. The third-order valence-corrected chi connectivity index (χ3v) is 4.29. The smallest absolute Gasteiger partial charge is 0.269 e. The topological polar surface area (TPSA) is 45.5 Å². The number of carbonyl (C=O) groups is 1.